The Morgan fingerprint density at radius 2 is 2.21 bits per heavy atom. The van der Waals surface area contributed by atoms with Crippen molar-refractivity contribution in [1.29, 1.82) is 0 Å². The molecule has 1 N–H and O–H groups in total. The van der Waals surface area contributed by atoms with Gasteiger partial charge in [0.2, 0.25) is 0 Å². The van der Waals surface area contributed by atoms with Crippen LogP contribution in [0.3, 0.4) is 0 Å². The monoisotopic (exact) mass is 194 g/mol. The Kier molecular flexibility index (Phi) is 2.54. The van der Waals surface area contributed by atoms with Gasteiger partial charge in [0.05, 0.1) is 6.04 Å². The van der Waals surface area contributed by atoms with E-state index in [9.17, 15) is 0 Å². The maximum absolute atomic E-state index is 4.27. The Morgan fingerprint density at radius 1 is 1.43 bits per heavy atom. The molecule has 4 heteroatoms. The summed E-state index contributed by atoms with van der Waals surface area (Å²) in [4.78, 5) is 0. The molecule has 1 atom stereocenters. The molecule has 14 heavy (non-hydrogen) atoms. The predicted molar refractivity (Wildman–Crippen MR) is 55.1 cm³/mol. The van der Waals surface area contributed by atoms with E-state index in [1.165, 1.54) is 12.8 Å². The van der Waals surface area contributed by atoms with Crippen LogP contribution in [0.5, 0.6) is 0 Å². The lowest BCUT2D eigenvalue weighted by molar-refractivity contribution is 0.499. The van der Waals surface area contributed by atoms with Crippen molar-refractivity contribution in [3.63, 3.8) is 0 Å². The van der Waals surface area contributed by atoms with E-state index in [-0.39, 0.29) is 0 Å². The lowest BCUT2D eigenvalue weighted by atomic mass is 10.2. The molecule has 1 aliphatic heterocycles. The first-order valence-corrected chi connectivity index (χ1v) is 5.35. The summed E-state index contributed by atoms with van der Waals surface area (Å²) in [6, 6.07) is 0.862. The molecule has 1 aliphatic rings. The lowest BCUT2D eigenvalue weighted by Gasteiger charge is -2.16. The number of rotatable bonds is 2. The van der Waals surface area contributed by atoms with Crippen molar-refractivity contribution in [3.05, 3.63) is 11.6 Å². The Labute approximate surface area is 84.7 Å². The summed E-state index contributed by atoms with van der Waals surface area (Å²) in [7, 11) is 0. The Hall–Kier alpha value is -0.900. The maximum Gasteiger partial charge on any atom is 0.150 e. The van der Waals surface area contributed by atoms with Crippen LogP contribution in [0.2, 0.25) is 0 Å². The zero-order valence-electron chi connectivity index (χ0n) is 9.12. The van der Waals surface area contributed by atoms with Crippen LogP contribution in [0.1, 0.15) is 50.4 Å². The predicted octanol–water partition coefficient (Wildman–Crippen LogP) is 1.59. The van der Waals surface area contributed by atoms with Gasteiger partial charge in [-0.3, -0.25) is 0 Å². The van der Waals surface area contributed by atoms with E-state index in [1.807, 2.05) is 6.92 Å². The fourth-order valence-corrected chi connectivity index (χ4v) is 2.17. The lowest BCUT2D eigenvalue weighted by Crippen LogP contribution is -2.19. The van der Waals surface area contributed by atoms with Crippen LogP contribution in [0.15, 0.2) is 0 Å². The van der Waals surface area contributed by atoms with Crippen LogP contribution in [0.4, 0.5) is 0 Å². The summed E-state index contributed by atoms with van der Waals surface area (Å²) in [6.07, 6.45) is 2.43. The van der Waals surface area contributed by atoms with Crippen molar-refractivity contribution >= 4 is 0 Å². The highest BCUT2D eigenvalue weighted by atomic mass is 15.3. The van der Waals surface area contributed by atoms with E-state index in [0.29, 0.717) is 12.1 Å². The minimum atomic E-state index is 0.415. The van der Waals surface area contributed by atoms with E-state index >= 15 is 0 Å². The van der Waals surface area contributed by atoms with Crippen molar-refractivity contribution in [1.82, 2.24) is 20.1 Å². The first-order valence-electron chi connectivity index (χ1n) is 5.35. The highest BCUT2D eigenvalue weighted by Gasteiger charge is 2.23. The summed E-state index contributed by atoms with van der Waals surface area (Å²) in [5, 5.41) is 11.9. The summed E-state index contributed by atoms with van der Waals surface area (Å²) in [5.41, 5.74) is 0. The third-order valence-corrected chi connectivity index (χ3v) is 2.78. The van der Waals surface area contributed by atoms with Gasteiger partial charge in [-0.05, 0) is 40.2 Å². The van der Waals surface area contributed by atoms with Gasteiger partial charge in [0.1, 0.15) is 11.6 Å². The van der Waals surface area contributed by atoms with Gasteiger partial charge in [-0.25, -0.2) is 0 Å². The van der Waals surface area contributed by atoms with Crippen LogP contribution in [0.25, 0.3) is 0 Å². The summed E-state index contributed by atoms with van der Waals surface area (Å²) >= 11 is 0. The van der Waals surface area contributed by atoms with Gasteiger partial charge in [-0.15, -0.1) is 10.2 Å². The summed E-state index contributed by atoms with van der Waals surface area (Å²) in [5.74, 6) is 2.12. The van der Waals surface area contributed by atoms with Gasteiger partial charge in [-0.1, -0.05) is 0 Å². The molecule has 0 aromatic carbocycles. The second-order valence-electron chi connectivity index (χ2n) is 4.22. The molecule has 1 aromatic heterocycles. The Morgan fingerprint density at radius 3 is 2.79 bits per heavy atom. The average Bonchev–Trinajstić information content (AvgIpc) is 2.70. The number of aromatic nitrogens is 3. The Balaban J connectivity index is 2.32. The first-order chi connectivity index (χ1) is 6.70. The second kappa shape index (κ2) is 3.69. The van der Waals surface area contributed by atoms with E-state index in [4.69, 9.17) is 0 Å². The number of nitrogens with one attached hydrogen (secondary N) is 1. The molecule has 0 unspecified atom stereocenters. The molecule has 1 fully saturated rings. The van der Waals surface area contributed by atoms with Crippen molar-refractivity contribution in [2.45, 2.75) is 45.7 Å². The number of hydrogen-bond donors (Lipinski definition) is 1. The molecule has 2 rings (SSSR count). The molecular formula is C10H18N4. The fraction of sp³-hybridized carbons (Fsp3) is 0.800. The molecule has 0 radical (unpaired) electrons. The highest BCUT2D eigenvalue weighted by Crippen LogP contribution is 2.24. The smallest absolute Gasteiger partial charge is 0.150 e. The second-order valence-corrected chi connectivity index (χ2v) is 4.22. The van der Waals surface area contributed by atoms with Crippen LogP contribution >= 0.6 is 0 Å². The highest BCUT2D eigenvalue weighted by molar-refractivity contribution is 5.03. The number of aryl methyl sites for hydroxylation is 1. The summed E-state index contributed by atoms with van der Waals surface area (Å²) in [6.45, 7) is 7.48. The zero-order chi connectivity index (χ0) is 10.1. The molecule has 2 heterocycles. The third kappa shape index (κ3) is 1.54. The minimum Gasteiger partial charge on any atom is -0.311 e. The van der Waals surface area contributed by atoms with Crippen LogP contribution in [-0.4, -0.2) is 21.3 Å². The fourth-order valence-electron chi connectivity index (χ4n) is 2.17. The van der Waals surface area contributed by atoms with Gasteiger partial charge >= 0.3 is 0 Å². The van der Waals surface area contributed by atoms with E-state index in [0.717, 1.165) is 18.2 Å². The SMILES string of the molecule is Cc1nnc([C@H]2CCCN2)n1C(C)C. The van der Waals surface area contributed by atoms with Crippen molar-refractivity contribution in [2.75, 3.05) is 6.54 Å². The molecule has 1 aromatic rings. The van der Waals surface area contributed by atoms with Gasteiger partial charge in [0.15, 0.2) is 0 Å². The van der Waals surface area contributed by atoms with Gasteiger partial charge in [-0.2, -0.15) is 0 Å². The molecule has 0 saturated carbocycles. The van der Waals surface area contributed by atoms with Crippen molar-refractivity contribution in [2.24, 2.45) is 0 Å². The summed E-state index contributed by atoms with van der Waals surface area (Å²) < 4.78 is 2.23. The van der Waals surface area contributed by atoms with E-state index < -0.39 is 0 Å². The van der Waals surface area contributed by atoms with Crippen molar-refractivity contribution in [3.8, 4) is 0 Å². The quantitative estimate of drug-likeness (QED) is 0.777. The van der Waals surface area contributed by atoms with Crippen LogP contribution in [0, 0.1) is 6.92 Å². The van der Waals surface area contributed by atoms with Crippen LogP contribution in [-0.2, 0) is 0 Å². The first kappa shape index (κ1) is 9.65. The molecule has 0 aliphatic carbocycles. The maximum atomic E-state index is 4.27. The van der Waals surface area contributed by atoms with E-state index in [2.05, 4.69) is 33.9 Å². The zero-order valence-corrected chi connectivity index (χ0v) is 9.12. The molecule has 78 valence electrons. The molecular weight excluding hydrogens is 176 g/mol. The average molecular weight is 194 g/mol. The standard InChI is InChI=1S/C10H18N4/c1-7(2)14-8(3)12-13-10(14)9-5-4-6-11-9/h7,9,11H,4-6H2,1-3H3/t9-/m1/s1. The normalized spacial score (nSPS) is 22.1. The molecule has 1 saturated heterocycles. The molecule has 0 spiro atoms. The van der Waals surface area contributed by atoms with Gasteiger partial charge in [0, 0.05) is 6.04 Å². The molecule has 0 amide bonds. The Bertz CT molecular complexity index is 310. The minimum absolute atomic E-state index is 0.415. The van der Waals surface area contributed by atoms with Crippen LogP contribution < -0.4 is 5.32 Å². The molecule has 4 nitrogen and oxygen atoms in total. The molecule has 0 bridgehead atoms. The third-order valence-electron chi connectivity index (χ3n) is 2.78. The topological polar surface area (TPSA) is 42.7 Å². The van der Waals surface area contributed by atoms with Gasteiger partial charge in [0.25, 0.3) is 0 Å². The number of hydrogen-bond acceptors (Lipinski definition) is 3. The largest absolute Gasteiger partial charge is 0.311 e. The van der Waals surface area contributed by atoms with Crippen molar-refractivity contribution < 1.29 is 0 Å². The number of nitrogens with zero attached hydrogens (tertiary/aromatic N) is 3. The van der Waals surface area contributed by atoms with Gasteiger partial charge < -0.3 is 9.88 Å². The van der Waals surface area contributed by atoms with E-state index in [1.54, 1.807) is 0 Å².